The summed E-state index contributed by atoms with van der Waals surface area (Å²) in [5.74, 6) is 0.268. The Balaban J connectivity index is 1.15. The van der Waals surface area contributed by atoms with Gasteiger partial charge in [0.25, 0.3) is 0 Å². The van der Waals surface area contributed by atoms with Gasteiger partial charge in [0, 0.05) is 23.0 Å². The smallest absolute Gasteiger partial charge is 0.0468 e. The minimum Gasteiger partial charge on any atom is -0.310 e. The number of hydrogen-bond acceptors (Lipinski definition) is 1. The van der Waals surface area contributed by atoms with Gasteiger partial charge in [-0.1, -0.05) is 170 Å². The molecule has 0 N–H and O–H groups in total. The number of fused-ring (bicyclic) bond motifs is 16. The van der Waals surface area contributed by atoms with Crippen LogP contribution < -0.4 is 4.90 Å². The van der Waals surface area contributed by atoms with Crippen LogP contribution in [0.5, 0.6) is 0 Å². The fourth-order valence-electron chi connectivity index (χ4n) is 9.36. The minimum atomic E-state index is 0.268. The van der Waals surface area contributed by atoms with E-state index in [1.807, 2.05) is 0 Å². The van der Waals surface area contributed by atoms with E-state index < -0.39 is 0 Å². The molecule has 0 saturated carbocycles. The second-order valence-corrected chi connectivity index (χ2v) is 14.7. The van der Waals surface area contributed by atoms with Crippen molar-refractivity contribution in [3.8, 4) is 66.8 Å². The Kier molecular flexibility index (Phi) is 7.38. The zero-order chi connectivity index (χ0) is 36.3. The number of anilines is 3. The molecule has 1 heteroatoms. The summed E-state index contributed by atoms with van der Waals surface area (Å²) in [5.41, 5.74) is 22.6. The monoisotopic (exact) mass is 699 g/mol. The zero-order valence-electron chi connectivity index (χ0n) is 30.4. The average molecular weight is 700 g/mol. The molecular weight excluding hydrogens is 663 g/mol. The second-order valence-electron chi connectivity index (χ2n) is 14.7. The van der Waals surface area contributed by atoms with E-state index in [1.165, 1.54) is 83.5 Å². The SMILES string of the molecule is C1=CCC2C(=C1)c1cc(N(c3ccccc3)c3ccc4c(c3)-c3ccccc3-c3ccccc3-c3ccccc3-4)ccc1-c1ccccc1-c1ccccc12. The molecular formula is C54H37N. The van der Waals surface area contributed by atoms with Gasteiger partial charge >= 0.3 is 0 Å². The molecule has 0 bridgehead atoms. The lowest BCUT2D eigenvalue weighted by molar-refractivity contribution is 0.875. The maximum Gasteiger partial charge on any atom is 0.0468 e. The van der Waals surface area contributed by atoms with Crippen molar-refractivity contribution in [3.05, 3.63) is 217 Å². The van der Waals surface area contributed by atoms with Gasteiger partial charge in [-0.05, 0) is 126 Å². The zero-order valence-corrected chi connectivity index (χ0v) is 30.4. The standard InChI is InChI=1S/C54H37N/c1-2-16-36(17-3-1)55(37-30-32-51-47-26-10-8-22-43(47)39-18-4-6-20-41(39)45-24-12-14-28-49(45)53(51)34-37)38-31-33-52-48-27-11-9-23-44(48)40-19-5-7-21-42(40)46-25-13-15-29-50(46)54(52)35-38/h1-24,26-35,46H,25H2. The van der Waals surface area contributed by atoms with Crippen LogP contribution in [0.2, 0.25) is 0 Å². The Morgan fingerprint density at radius 3 is 1.27 bits per heavy atom. The molecule has 0 radical (unpaired) electrons. The third kappa shape index (κ3) is 5.08. The first kappa shape index (κ1) is 31.6. The van der Waals surface area contributed by atoms with Crippen molar-refractivity contribution < 1.29 is 0 Å². The van der Waals surface area contributed by atoms with Crippen molar-refractivity contribution in [2.45, 2.75) is 12.3 Å². The molecule has 11 rings (SSSR count). The van der Waals surface area contributed by atoms with E-state index in [9.17, 15) is 0 Å². The van der Waals surface area contributed by atoms with E-state index in [0.29, 0.717) is 0 Å². The van der Waals surface area contributed by atoms with Gasteiger partial charge in [-0.15, -0.1) is 0 Å². The predicted octanol–water partition coefficient (Wildman–Crippen LogP) is 14.9. The van der Waals surface area contributed by atoms with E-state index >= 15 is 0 Å². The number of nitrogens with zero attached hydrogens (tertiary/aromatic N) is 1. The number of para-hydroxylation sites is 1. The Morgan fingerprint density at radius 2 is 0.727 bits per heavy atom. The van der Waals surface area contributed by atoms with E-state index in [2.05, 4.69) is 211 Å². The molecule has 0 saturated heterocycles. The third-order valence-electron chi connectivity index (χ3n) is 11.8. The highest BCUT2D eigenvalue weighted by Crippen LogP contribution is 2.52. The topological polar surface area (TPSA) is 3.24 Å². The quantitative estimate of drug-likeness (QED) is 0.177. The maximum absolute atomic E-state index is 2.45. The molecule has 0 aromatic heterocycles. The molecule has 0 heterocycles. The minimum absolute atomic E-state index is 0.268. The van der Waals surface area contributed by atoms with Crippen LogP contribution in [0.25, 0.3) is 72.3 Å². The van der Waals surface area contributed by atoms with Gasteiger partial charge in [0.15, 0.2) is 0 Å². The first-order valence-electron chi connectivity index (χ1n) is 19.3. The molecule has 3 aliphatic carbocycles. The van der Waals surface area contributed by atoms with Crippen LogP contribution in [0.15, 0.2) is 206 Å². The third-order valence-corrected chi connectivity index (χ3v) is 11.8. The summed E-state index contributed by atoms with van der Waals surface area (Å²) >= 11 is 0. The number of allylic oxidation sites excluding steroid dienone is 4. The first-order valence-corrected chi connectivity index (χ1v) is 19.3. The van der Waals surface area contributed by atoms with Crippen LogP contribution >= 0.6 is 0 Å². The van der Waals surface area contributed by atoms with Gasteiger partial charge in [0.05, 0.1) is 0 Å². The summed E-state index contributed by atoms with van der Waals surface area (Å²) in [6, 6.07) is 69.6. The highest BCUT2D eigenvalue weighted by molar-refractivity contribution is 6.04. The lowest BCUT2D eigenvalue weighted by Gasteiger charge is -2.32. The molecule has 8 aromatic carbocycles. The molecule has 1 nitrogen and oxygen atoms in total. The highest BCUT2D eigenvalue weighted by atomic mass is 15.1. The van der Waals surface area contributed by atoms with Crippen LogP contribution in [-0.2, 0) is 0 Å². The summed E-state index contributed by atoms with van der Waals surface area (Å²) in [5, 5.41) is 0. The largest absolute Gasteiger partial charge is 0.310 e. The van der Waals surface area contributed by atoms with Crippen molar-refractivity contribution in [2.75, 3.05) is 4.90 Å². The maximum atomic E-state index is 2.45. The van der Waals surface area contributed by atoms with Crippen molar-refractivity contribution >= 4 is 22.6 Å². The number of hydrogen-bond donors (Lipinski definition) is 0. The second kappa shape index (κ2) is 12.9. The molecule has 0 amide bonds. The molecule has 0 fully saturated rings. The normalized spacial score (nSPS) is 14.3. The van der Waals surface area contributed by atoms with Gasteiger partial charge in [-0.25, -0.2) is 0 Å². The van der Waals surface area contributed by atoms with Gasteiger partial charge in [0.2, 0.25) is 0 Å². The highest BCUT2D eigenvalue weighted by Gasteiger charge is 2.29. The summed E-state index contributed by atoms with van der Waals surface area (Å²) < 4.78 is 0. The van der Waals surface area contributed by atoms with Crippen LogP contribution in [0.3, 0.4) is 0 Å². The Hall–Kier alpha value is -6.96. The van der Waals surface area contributed by atoms with E-state index in [-0.39, 0.29) is 5.92 Å². The summed E-state index contributed by atoms with van der Waals surface area (Å²) in [7, 11) is 0. The van der Waals surface area contributed by atoms with Gasteiger partial charge < -0.3 is 4.90 Å². The van der Waals surface area contributed by atoms with E-state index in [4.69, 9.17) is 0 Å². The van der Waals surface area contributed by atoms with Crippen molar-refractivity contribution in [2.24, 2.45) is 0 Å². The van der Waals surface area contributed by atoms with Crippen LogP contribution in [0.1, 0.15) is 23.5 Å². The molecule has 8 aromatic rings. The van der Waals surface area contributed by atoms with Gasteiger partial charge in [-0.2, -0.15) is 0 Å². The fraction of sp³-hybridized carbons (Fsp3) is 0.0370. The lowest BCUT2D eigenvalue weighted by Crippen LogP contribution is -2.13. The summed E-state index contributed by atoms with van der Waals surface area (Å²) in [6.07, 6.45) is 7.90. The molecule has 1 atom stereocenters. The average Bonchev–Trinajstić information content (AvgIpc) is 3.26. The summed E-state index contributed by atoms with van der Waals surface area (Å²) in [4.78, 5) is 2.44. The molecule has 3 aliphatic rings. The van der Waals surface area contributed by atoms with E-state index in [0.717, 1.165) is 23.5 Å². The van der Waals surface area contributed by atoms with Gasteiger partial charge in [-0.3, -0.25) is 0 Å². The number of rotatable bonds is 3. The fourth-order valence-corrected chi connectivity index (χ4v) is 9.36. The van der Waals surface area contributed by atoms with Crippen LogP contribution in [0.4, 0.5) is 17.1 Å². The molecule has 0 spiro atoms. The predicted molar refractivity (Wildman–Crippen MR) is 232 cm³/mol. The molecule has 258 valence electrons. The van der Waals surface area contributed by atoms with E-state index in [1.54, 1.807) is 0 Å². The van der Waals surface area contributed by atoms with Crippen molar-refractivity contribution in [1.82, 2.24) is 0 Å². The van der Waals surface area contributed by atoms with Crippen LogP contribution in [-0.4, -0.2) is 0 Å². The molecule has 55 heavy (non-hydrogen) atoms. The van der Waals surface area contributed by atoms with Crippen molar-refractivity contribution in [1.29, 1.82) is 0 Å². The van der Waals surface area contributed by atoms with Gasteiger partial charge in [0.1, 0.15) is 0 Å². The Morgan fingerprint density at radius 1 is 0.327 bits per heavy atom. The number of benzene rings is 8. The lowest BCUT2D eigenvalue weighted by atomic mass is 9.74. The molecule has 1 unspecified atom stereocenters. The molecule has 0 aliphatic heterocycles. The first-order chi connectivity index (χ1) is 27.3. The Bertz CT molecular complexity index is 2850. The Labute approximate surface area is 322 Å². The van der Waals surface area contributed by atoms with Crippen molar-refractivity contribution in [3.63, 3.8) is 0 Å². The summed E-state index contributed by atoms with van der Waals surface area (Å²) in [6.45, 7) is 0. The van der Waals surface area contributed by atoms with Crippen LogP contribution in [0, 0.1) is 0 Å².